The van der Waals surface area contributed by atoms with Gasteiger partial charge in [-0.3, -0.25) is 0 Å². The quantitative estimate of drug-likeness (QED) is 0.807. The van der Waals surface area contributed by atoms with E-state index < -0.39 is 11.6 Å². The Bertz CT molecular complexity index is 564. The van der Waals surface area contributed by atoms with E-state index in [2.05, 4.69) is 21.2 Å². The fourth-order valence-corrected chi connectivity index (χ4v) is 2.21. The molecule has 0 heterocycles. The van der Waals surface area contributed by atoms with Crippen molar-refractivity contribution in [2.45, 2.75) is 6.92 Å². The molecule has 5 heteroatoms. The van der Waals surface area contributed by atoms with E-state index in [0.717, 1.165) is 11.8 Å². The summed E-state index contributed by atoms with van der Waals surface area (Å²) in [4.78, 5) is 0. The van der Waals surface area contributed by atoms with E-state index in [9.17, 15) is 8.78 Å². The number of nitrogens with one attached hydrogen (secondary N) is 1. The van der Waals surface area contributed by atoms with Crippen LogP contribution in [0.2, 0.25) is 0 Å². The molecule has 0 saturated heterocycles. The van der Waals surface area contributed by atoms with Crippen LogP contribution in [0, 0.1) is 18.6 Å². The molecule has 0 atom stereocenters. The van der Waals surface area contributed by atoms with Gasteiger partial charge in [-0.2, -0.15) is 0 Å². The van der Waals surface area contributed by atoms with E-state index in [4.69, 9.17) is 4.74 Å². The van der Waals surface area contributed by atoms with Crippen LogP contribution in [0.1, 0.15) is 5.56 Å². The third-order valence-corrected chi connectivity index (χ3v) is 3.28. The average Bonchev–Trinajstić information content (AvgIpc) is 2.39. The molecule has 0 radical (unpaired) electrons. The van der Waals surface area contributed by atoms with Crippen LogP contribution in [0.5, 0.6) is 5.75 Å². The Morgan fingerprint density at radius 1 is 1.15 bits per heavy atom. The Morgan fingerprint density at radius 2 is 1.85 bits per heavy atom. The van der Waals surface area contributed by atoms with E-state index >= 15 is 0 Å². The van der Waals surface area contributed by atoms with Crippen LogP contribution in [0.25, 0.3) is 0 Å². The monoisotopic (exact) mass is 341 g/mol. The van der Waals surface area contributed by atoms with Crippen LogP contribution in [0.4, 0.5) is 14.5 Å². The second kappa shape index (κ2) is 6.70. The molecular weight excluding hydrogens is 328 g/mol. The lowest BCUT2D eigenvalue weighted by molar-refractivity contribution is 0.311. The van der Waals surface area contributed by atoms with E-state index in [1.807, 2.05) is 31.2 Å². The minimum Gasteiger partial charge on any atom is -0.487 e. The molecule has 0 aliphatic heterocycles. The SMILES string of the molecule is Cc1ccc(NCCOc2c(F)cc(F)cc2Br)cc1. The van der Waals surface area contributed by atoms with Gasteiger partial charge in [0.05, 0.1) is 4.47 Å². The molecule has 2 aromatic carbocycles. The lowest BCUT2D eigenvalue weighted by Crippen LogP contribution is -2.12. The van der Waals surface area contributed by atoms with Gasteiger partial charge >= 0.3 is 0 Å². The van der Waals surface area contributed by atoms with Gasteiger partial charge in [0.25, 0.3) is 0 Å². The van der Waals surface area contributed by atoms with Gasteiger partial charge in [-0.05, 0) is 41.1 Å². The zero-order valence-corrected chi connectivity index (χ0v) is 12.5. The molecule has 0 saturated carbocycles. The summed E-state index contributed by atoms with van der Waals surface area (Å²) in [5.41, 5.74) is 2.15. The van der Waals surface area contributed by atoms with Crippen molar-refractivity contribution in [2.24, 2.45) is 0 Å². The second-order valence-corrected chi connectivity index (χ2v) is 5.19. The van der Waals surface area contributed by atoms with Crippen molar-refractivity contribution in [1.82, 2.24) is 0 Å². The smallest absolute Gasteiger partial charge is 0.169 e. The summed E-state index contributed by atoms with van der Waals surface area (Å²) >= 11 is 3.08. The molecule has 0 fully saturated rings. The van der Waals surface area contributed by atoms with Crippen LogP contribution in [-0.4, -0.2) is 13.2 Å². The summed E-state index contributed by atoms with van der Waals surface area (Å²) in [6, 6.07) is 9.89. The number of benzene rings is 2. The van der Waals surface area contributed by atoms with Crippen molar-refractivity contribution in [3.63, 3.8) is 0 Å². The maximum absolute atomic E-state index is 13.5. The van der Waals surface area contributed by atoms with Gasteiger partial charge in [-0.1, -0.05) is 17.7 Å². The van der Waals surface area contributed by atoms with Gasteiger partial charge in [-0.25, -0.2) is 8.78 Å². The molecule has 2 nitrogen and oxygen atoms in total. The van der Waals surface area contributed by atoms with Crippen molar-refractivity contribution < 1.29 is 13.5 Å². The molecule has 2 rings (SSSR count). The van der Waals surface area contributed by atoms with Crippen molar-refractivity contribution in [3.8, 4) is 5.75 Å². The first-order valence-corrected chi connectivity index (χ1v) is 6.93. The Kier molecular flexibility index (Phi) is 4.95. The van der Waals surface area contributed by atoms with Crippen molar-refractivity contribution in [2.75, 3.05) is 18.5 Å². The van der Waals surface area contributed by atoms with E-state index in [0.29, 0.717) is 6.54 Å². The third-order valence-electron chi connectivity index (χ3n) is 2.69. The fraction of sp³-hybridized carbons (Fsp3) is 0.200. The molecule has 2 aromatic rings. The number of hydrogen-bond donors (Lipinski definition) is 1. The molecule has 1 N–H and O–H groups in total. The molecule has 0 unspecified atom stereocenters. The highest BCUT2D eigenvalue weighted by molar-refractivity contribution is 9.10. The van der Waals surface area contributed by atoms with E-state index in [1.54, 1.807) is 0 Å². The minimum atomic E-state index is -0.716. The number of rotatable bonds is 5. The fourth-order valence-electron chi connectivity index (χ4n) is 1.69. The summed E-state index contributed by atoms with van der Waals surface area (Å²) < 4.78 is 32.0. The summed E-state index contributed by atoms with van der Waals surface area (Å²) in [7, 11) is 0. The van der Waals surface area contributed by atoms with Crippen LogP contribution < -0.4 is 10.1 Å². The van der Waals surface area contributed by atoms with E-state index in [-0.39, 0.29) is 16.8 Å². The lowest BCUT2D eigenvalue weighted by atomic mass is 10.2. The summed E-state index contributed by atoms with van der Waals surface area (Å²) in [6.45, 7) is 2.81. The van der Waals surface area contributed by atoms with Gasteiger partial charge < -0.3 is 10.1 Å². The maximum Gasteiger partial charge on any atom is 0.169 e. The number of anilines is 1. The molecule has 106 valence electrons. The molecule has 0 aliphatic carbocycles. The molecule has 0 spiro atoms. The zero-order chi connectivity index (χ0) is 14.5. The predicted octanol–water partition coefficient (Wildman–Crippen LogP) is 4.53. The Balaban J connectivity index is 1.86. The first kappa shape index (κ1) is 14.8. The summed E-state index contributed by atoms with van der Waals surface area (Å²) in [5, 5.41) is 3.16. The van der Waals surface area contributed by atoms with Crippen molar-refractivity contribution in [1.29, 1.82) is 0 Å². The Labute approximate surface area is 124 Å². The first-order chi connectivity index (χ1) is 9.56. The lowest BCUT2D eigenvalue weighted by Gasteiger charge is -2.11. The normalized spacial score (nSPS) is 10.4. The average molecular weight is 342 g/mol. The standard InChI is InChI=1S/C15H14BrF2NO/c1-10-2-4-12(5-3-10)19-6-7-20-15-13(16)8-11(17)9-14(15)18/h2-5,8-9,19H,6-7H2,1H3. The number of ether oxygens (including phenoxy) is 1. The highest BCUT2D eigenvalue weighted by Crippen LogP contribution is 2.29. The van der Waals surface area contributed by atoms with Crippen molar-refractivity contribution in [3.05, 3.63) is 58.1 Å². The Hall–Kier alpha value is -1.62. The van der Waals surface area contributed by atoms with Crippen LogP contribution in [0.3, 0.4) is 0 Å². The van der Waals surface area contributed by atoms with Gasteiger partial charge in [0.2, 0.25) is 0 Å². The maximum atomic E-state index is 13.5. The predicted molar refractivity (Wildman–Crippen MR) is 79.2 cm³/mol. The number of hydrogen-bond acceptors (Lipinski definition) is 2. The highest BCUT2D eigenvalue weighted by atomic mass is 79.9. The van der Waals surface area contributed by atoms with Gasteiger partial charge in [0, 0.05) is 18.3 Å². The molecule has 0 aliphatic rings. The van der Waals surface area contributed by atoms with Gasteiger partial charge in [-0.15, -0.1) is 0 Å². The van der Waals surface area contributed by atoms with Crippen LogP contribution in [-0.2, 0) is 0 Å². The zero-order valence-electron chi connectivity index (χ0n) is 10.9. The van der Waals surface area contributed by atoms with Crippen LogP contribution >= 0.6 is 15.9 Å². The Morgan fingerprint density at radius 3 is 2.50 bits per heavy atom. The highest BCUT2D eigenvalue weighted by Gasteiger charge is 2.10. The number of halogens is 3. The van der Waals surface area contributed by atoms with E-state index in [1.165, 1.54) is 11.6 Å². The largest absolute Gasteiger partial charge is 0.487 e. The summed E-state index contributed by atoms with van der Waals surface area (Å²) in [6.07, 6.45) is 0. The minimum absolute atomic E-state index is 0.0251. The molecule has 0 bridgehead atoms. The second-order valence-electron chi connectivity index (χ2n) is 4.34. The molecular formula is C15H14BrF2NO. The van der Waals surface area contributed by atoms with Gasteiger partial charge in [0.1, 0.15) is 12.4 Å². The molecule has 0 aromatic heterocycles. The molecule has 20 heavy (non-hydrogen) atoms. The number of aryl methyl sites for hydroxylation is 1. The van der Waals surface area contributed by atoms with Crippen LogP contribution in [0.15, 0.2) is 40.9 Å². The molecule has 0 amide bonds. The first-order valence-electron chi connectivity index (χ1n) is 6.14. The topological polar surface area (TPSA) is 21.3 Å². The third kappa shape index (κ3) is 3.93. The van der Waals surface area contributed by atoms with Gasteiger partial charge in [0.15, 0.2) is 11.6 Å². The van der Waals surface area contributed by atoms with Crippen molar-refractivity contribution >= 4 is 21.6 Å². The summed E-state index contributed by atoms with van der Waals surface area (Å²) in [5.74, 6) is -1.33.